The van der Waals surface area contributed by atoms with Crippen molar-refractivity contribution in [1.82, 2.24) is 40.0 Å². The quantitative estimate of drug-likeness (QED) is 0.0193. The topological polar surface area (TPSA) is 363 Å². The second-order valence-corrected chi connectivity index (χ2v) is 36.5. The fourth-order valence-electron chi connectivity index (χ4n) is 19.5. The fraction of sp³-hybridized carbons (Fsp3) is 0.513. The molecule has 0 spiro atoms. The summed E-state index contributed by atoms with van der Waals surface area (Å²) in [6.07, 6.45) is 12.5. The summed E-state index contributed by atoms with van der Waals surface area (Å²) in [6.45, 7) is 26.2. The lowest BCUT2D eigenvalue weighted by Crippen LogP contribution is -2.44. The summed E-state index contributed by atoms with van der Waals surface area (Å²) < 4.78 is 58.3. The number of carboxylic acids is 4. The molecule has 8 aromatic carbocycles. The Morgan fingerprint density at radius 2 is 0.644 bits per heavy atom. The molecule has 0 saturated carbocycles. The van der Waals surface area contributed by atoms with Crippen LogP contribution in [0.4, 0.5) is 0 Å². The summed E-state index contributed by atoms with van der Waals surface area (Å²) in [5.74, 6) is 1.33. The molecular weight excluding hydrogens is 1860 g/mol. The number of amides is 4. The number of aliphatic carboxylic acids is 4. The fourth-order valence-corrected chi connectivity index (χ4v) is 19.5. The summed E-state index contributed by atoms with van der Waals surface area (Å²) in [5, 5.41) is 46.0. The minimum atomic E-state index is -0.928. The van der Waals surface area contributed by atoms with Crippen molar-refractivity contribution in [3.05, 3.63) is 222 Å². The van der Waals surface area contributed by atoms with Crippen LogP contribution in [-0.2, 0) is 38.4 Å². The van der Waals surface area contributed by atoms with Gasteiger partial charge in [0, 0.05) is 113 Å². The van der Waals surface area contributed by atoms with Crippen LogP contribution in [0.5, 0.6) is 63.2 Å². The highest BCUT2D eigenvalue weighted by Crippen LogP contribution is 2.49. The molecule has 8 aromatic rings. The van der Waals surface area contributed by atoms with Crippen LogP contribution in [0.2, 0.25) is 0 Å². The van der Waals surface area contributed by atoms with E-state index < -0.39 is 59.5 Å². The first-order valence-corrected chi connectivity index (χ1v) is 51.6. The highest BCUT2D eigenvalue weighted by molar-refractivity contribution is 5.82. The van der Waals surface area contributed by atoms with Crippen molar-refractivity contribution in [2.24, 2.45) is 23.7 Å². The van der Waals surface area contributed by atoms with Crippen LogP contribution in [0.15, 0.2) is 200 Å². The number of nitrogens with zero attached hydrogens (tertiary/aromatic N) is 6. The Balaban J connectivity index is 0.000000245. The molecule has 0 aromatic heterocycles. The summed E-state index contributed by atoms with van der Waals surface area (Å²) in [7, 11) is 12.9. The second kappa shape index (κ2) is 65.6. The molecule has 5 heterocycles. The molecule has 5 aliphatic rings. The third-order valence-corrected chi connectivity index (χ3v) is 27.3. The Hall–Kier alpha value is -12.8. The van der Waals surface area contributed by atoms with Gasteiger partial charge >= 0.3 is 23.9 Å². The largest absolute Gasteiger partial charge is 0.497 e. The van der Waals surface area contributed by atoms with Crippen LogP contribution in [0, 0.1) is 23.7 Å². The molecule has 6 N–H and O–H groups in total. The zero-order chi connectivity index (χ0) is 106. The number of unbranched alkanes of at least 4 members (excludes halogenated alkanes) is 5. The van der Waals surface area contributed by atoms with Gasteiger partial charge in [0.05, 0.1) is 113 Å². The standard InChI is InChI=1S/C28H36N2O8.C24H38N2O4.C22H34N2O4.C20H30N2O4.3C7H8O/c1-4-5-11-29-25(31)16-30-15-19(18-13-23(35-3)27-24(14-18)37-17-38-27)26(28(32)33)20(30)10-12-36-22-9-7-6-8-21(22)34-2;1-5-8-14-25(15-9-6-2)22(27)17-26-16-20(23(24(28)29)21(26)7-3)18-10-12-19(30-4)13-11-18;1-5-8-13-23(7-3)20(25)15-24-14-18(21(22(26)27)19(24)6-2)16-9-11-17(28-4)12-10-16;1-4-6-11-21-18(23)13-22-12-16(19(20(24)25)17(22)5-2)14-7-9-15(26-3)10-8-14;3*1-8-7-5-3-2-4-6-7/h6-9,13-14,19-20,26H,4-5,10-12,15-17H2,1-3H3,(H,29,31)(H,32,33);10-13,20-21,23H,5-9,14-17H2,1-4H3,(H,28,29);9-12,18-19,21H,5-8,13-15H2,1-4H3,(H,26,27);7-10,16-17,19H,4-6,11-13H2,1-3H3,(H,21,23)(H,24,25);3*2-6H,1H3/t19-,20+,26-;20-,21+,23-;18-,19+,21-;16-,17+,19-;;;/m1111.../s1. The zero-order valence-corrected chi connectivity index (χ0v) is 88.9. The van der Waals surface area contributed by atoms with Gasteiger partial charge < -0.3 is 93.0 Å². The number of benzene rings is 8. The second-order valence-electron chi connectivity index (χ2n) is 36.5. The van der Waals surface area contributed by atoms with Crippen molar-refractivity contribution in [2.75, 3.05) is 162 Å². The van der Waals surface area contributed by atoms with E-state index in [1.165, 1.54) is 7.11 Å². The molecule has 4 saturated heterocycles. The number of hydrogen-bond donors (Lipinski definition) is 6. The Kier molecular flexibility index (Phi) is 54.0. The number of likely N-dealkylation sites (N-methyl/N-ethyl adjacent to an activating group) is 1. The molecule has 800 valence electrons. The Bertz CT molecular complexity index is 5030. The van der Waals surface area contributed by atoms with E-state index in [0.29, 0.717) is 107 Å². The number of likely N-dealkylation sites (tertiary alicyclic amines) is 4. The van der Waals surface area contributed by atoms with E-state index in [2.05, 4.69) is 55.1 Å². The average Bonchev–Trinajstić information content (AvgIpc) is 1.61. The SMILES string of the molecule is CCCCN(CC)C(=O)CN1C[C@H](c2ccc(OC)cc2)[C@@H](C(=O)O)[C@@H]1CC.CCCCN(CCCC)C(=O)CN1C[C@H](c2ccc(OC)cc2)[C@@H](C(=O)O)[C@@H]1CC.CCCCNC(=O)CN1C[C@H](c2cc(OC)c3c(c2)OCO3)[C@@H](C(=O)O)[C@@H]1CCOc1ccccc1OC.CCCCNC(=O)CN1C[C@H](c2ccc(OC)cc2)[C@@H](C(=O)O)[C@@H]1CC.COc1ccccc1.COc1ccccc1.COc1ccccc1. The Labute approximate surface area is 865 Å². The van der Waals surface area contributed by atoms with Gasteiger partial charge in [0.2, 0.25) is 36.2 Å². The van der Waals surface area contributed by atoms with Crippen molar-refractivity contribution < 1.29 is 111 Å². The molecule has 4 fully saturated rings. The first-order valence-electron chi connectivity index (χ1n) is 51.6. The van der Waals surface area contributed by atoms with Gasteiger partial charge in [-0.25, -0.2) is 0 Å². The number of fused-ring (bicyclic) bond motifs is 1. The number of nitrogens with one attached hydrogen (secondary N) is 2. The summed E-state index contributed by atoms with van der Waals surface area (Å²) >= 11 is 0. The molecule has 31 heteroatoms. The van der Waals surface area contributed by atoms with Crippen LogP contribution < -0.4 is 62.7 Å². The van der Waals surface area contributed by atoms with Crippen molar-refractivity contribution >= 4 is 47.5 Å². The number of carboxylic acid groups (broad SMARTS) is 4. The normalized spacial score (nSPS) is 19.5. The molecule has 146 heavy (non-hydrogen) atoms. The van der Waals surface area contributed by atoms with Gasteiger partial charge in [0.25, 0.3) is 0 Å². The third kappa shape index (κ3) is 36.7. The van der Waals surface area contributed by atoms with Gasteiger partial charge in [0.15, 0.2) is 23.0 Å². The maximum absolute atomic E-state index is 13.1. The van der Waals surface area contributed by atoms with Crippen LogP contribution in [-0.4, -0.2) is 283 Å². The van der Waals surface area contributed by atoms with Gasteiger partial charge in [-0.3, -0.25) is 58.0 Å². The molecule has 4 amide bonds. The van der Waals surface area contributed by atoms with Gasteiger partial charge in [-0.2, -0.15) is 0 Å². The van der Waals surface area contributed by atoms with Crippen LogP contribution >= 0.6 is 0 Å². The van der Waals surface area contributed by atoms with Crippen LogP contribution in [0.1, 0.15) is 198 Å². The minimum Gasteiger partial charge on any atom is -0.497 e. The van der Waals surface area contributed by atoms with Crippen LogP contribution in [0.25, 0.3) is 0 Å². The number of carbonyl (C=O) groups is 8. The highest BCUT2D eigenvalue weighted by atomic mass is 16.7. The molecule has 0 aliphatic carbocycles. The first-order chi connectivity index (χ1) is 70.7. The zero-order valence-electron chi connectivity index (χ0n) is 88.9. The average molecular weight is 2020 g/mol. The number of rotatable bonds is 47. The predicted octanol–water partition coefficient (Wildman–Crippen LogP) is 18.1. The predicted molar refractivity (Wildman–Crippen MR) is 567 cm³/mol. The minimum absolute atomic E-state index is 0.0311. The number of hydrogen-bond acceptors (Lipinski definition) is 23. The van der Waals surface area contributed by atoms with Gasteiger partial charge in [-0.15, -0.1) is 0 Å². The van der Waals surface area contributed by atoms with Crippen molar-refractivity contribution in [3.8, 4) is 63.2 Å². The number of carbonyl (C=O) groups excluding carboxylic acids is 4. The van der Waals surface area contributed by atoms with E-state index in [9.17, 15) is 58.8 Å². The highest BCUT2D eigenvalue weighted by Gasteiger charge is 2.51. The van der Waals surface area contributed by atoms with E-state index in [4.69, 9.17) is 52.1 Å². The molecule has 5 aliphatic heterocycles. The van der Waals surface area contributed by atoms with Gasteiger partial charge in [-0.05, 0) is 184 Å². The van der Waals surface area contributed by atoms with E-state index >= 15 is 0 Å². The maximum atomic E-state index is 13.1. The number of methoxy groups -OCH3 is 8. The monoisotopic (exact) mass is 2020 g/mol. The lowest BCUT2D eigenvalue weighted by Gasteiger charge is -2.29. The molecular formula is C115H162N8O23. The molecule has 0 bridgehead atoms. The molecule has 31 nitrogen and oxygen atoms in total. The molecule has 0 radical (unpaired) electrons. The number of para-hydroxylation sites is 5. The van der Waals surface area contributed by atoms with E-state index in [1.54, 1.807) is 61.9 Å². The summed E-state index contributed by atoms with van der Waals surface area (Å²) in [5.41, 5.74) is 3.72. The van der Waals surface area contributed by atoms with E-state index in [0.717, 1.165) is 141 Å². The lowest BCUT2D eigenvalue weighted by molar-refractivity contribution is -0.144. The van der Waals surface area contributed by atoms with E-state index in [-0.39, 0.29) is 92.5 Å². The van der Waals surface area contributed by atoms with Crippen molar-refractivity contribution in [2.45, 2.75) is 200 Å². The summed E-state index contributed by atoms with van der Waals surface area (Å²) in [6, 6.07) is 62.0. The summed E-state index contributed by atoms with van der Waals surface area (Å²) in [4.78, 5) is 112. The van der Waals surface area contributed by atoms with Crippen LogP contribution in [0.3, 0.4) is 0 Å². The van der Waals surface area contributed by atoms with E-state index in [1.807, 2.05) is 235 Å². The first kappa shape index (κ1) is 120. The van der Waals surface area contributed by atoms with Crippen molar-refractivity contribution in [3.63, 3.8) is 0 Å². The maximum Gasteiger partial charge on any atom is 0.308 e. The molecule has 13 rings (SSSR count). The molecule has 12 atom stereocenters. The number of ether oxygens (including phenoxy) is 11. The molecule has 0 unspecified atom stereocenters. The third-order valence-electron chi connectivity index (χ3n) is 27.3. The smallest absolute Gasteiger partial charge is 0.308 e. The van der Waals surface area contributed by atoms with Gasteiger partial charge in [-0.1, -0.05) is 191 Å². The van der Waals surface area contributed by atoms with Crippen molar-refractivity contribution in [1.29, 1.82) is 0 Å². The Morgan fingerprint density at radius 1 is 0.336 bits per heavy atom. The van der Waals surface area contributed by atoms with Gasteiger partial charge in [0.1, 0.15) is 34.5 Å². The Morgan fingerprint density at radius 3 is 0.966 bits per heavy atom. The lowest BCUT2D eigenvalue weighted by atomic mass is 9.84.